The highest BCUT2D eigenvalue weighted by molar-refractivity contribution is 7.85. The summed E-state index contributed by atoms with van der Waals surface area (Å²) in [5, 5.41) is 12.9. The van der Waals surface area contributed by atoms with Gasteiger partial charge in [0.2, 0.25) is 0 Å². The van der Waals surface area contributed by atoms with Gasteiger partial charge in [-0.15, -0.1) is 0 Å². The molecule has 19 heavy (non-hydrogen) atoms. The summed E-state index contributed by atoms with van der Waals surface area (Å²) in [6.45, 7) is -1.09. The number of hydrogen-bond donors (Lipinski definition) is 3. The predicted octanol–water partition coefficient (Wildman–Crippen LogP) is -1.18. The molecule has 0 aromatic rings. The predicted molar refractivity (Wildman–Crippen MR) is 66.0 cm³/mol. The zero-order chi connectivity index (χ0) is 14.3. The van der Waals surface area contributed by atoms with Crippen LogP contribution in [0.3, 0.4) is 0 Å². The molecule has 1 saturated heterocycles. The maximum Gasteiger partial charge on any atom is 0.329 e. The smallest absolute Gasteiger partial charge is 0.329 e. The standard InChI is InChI=1S/C10H16N2O6S/c13-8(5-18-6-9(14)15)12-10(16)11-7-1-3-19(17)4-2-7/h7H,1-6H2,(H,14,15)(H2,11,12,13,16). The number of rotatable bonds is 5. The molecule has 0 aliphatic carbocycles. The van der Waals surface area contributed by atoms with Crippen molar-refractivity contribution < 1.29 is 28.4 Å². The quantitative estimate of drug-likeness (QED) is 0.586. The minimum Gasteiger partial charge on any atom is -0.480 e. The van der Waals surface area contributed by atoms with Gasteiger partial charge in [0.15, 0.2) is 0 Å². The lowest BCUT2D eigenvalue weighted by Crippen LogP contribution is -2.47. The molecular formula is C10H16N2O6S. The second-order valence-corrected chi connectivity index (χ2v) is 5.73. The molecule has 1 heterocycles. The Morgan fingerprint density at radius 2 is 1.84 bits per heavy atom. The Hall–Kier alpha value is -1.48. The van der Waals surface area contributed by atoms with Gasteiger partial charge >= 0.3 is 12.0 Å². The second kappa shape index (κ2) is 7.85. The molecule has 0 aromatic carbocycles. The van der Waals surface area contributed by atoms with Gasteiger partial charge in [-0.05, 0) is 12.8 Å². The van der Waals surface area contributed by atoms with E-state index in [4.69, 9.17) is 5.11 Å². The molecule has 0 saturated carbocycles. The molecule has 9 heteroatoms. The molecule has 0 atom stereocenters. The van der Waals surface area contributed by atoms with Crippen LogP contribution >= 0.6 is 0 Å². The summed E-state index contributed by atoms with van der Waals surface area (Å²) < 4.78 is 15.6. The molecule has 1 aliphatic rings. The number of carboxylic acids is 1. The van der Waals surface area contributed by atoms with Crippen LogP contribution in [0, 0.1) is 0 Å². The SMILES string of the molecule is O=C(O)COCC(=O)NC(=O)NC1CCS(=O)CC1. The lowest BCUT2D eigenvalue weighted by Gasteiger charge is -2.22. The summed E-state index contributed by atoms with van der Waals surface area (Å²) in [6, 6.07) is -0.743. The van der Waals surface area contributed by atoms with E-state index in [2.05, 4.69) is 10.1 Å². The van der Waals surface area contributed by atoms with Crippen molar-refractivity contribution in [2.75, 3.05) is 24.7 Å². The van der Waals surface area contributed by atoms with Gasteiger partial charge < -0.3 is 15.2 Å². The van der Waals surface area contributed by atoms with E-state index in [-0.39, 0.29) is 6.04 Å². The van der Waals surface area contributed by atoms with Crippen LogP contribution < -0.4 is 10.6 Å². The van der Waals surface area contributed by atoms with Crippen molar-refractivity contribution in [3.63, 3.8) is 0 Å². The Morgan fingerprint density at radius 3 is 2.42 bits per heavy atom. The van der Waals surface area contributed by atoms with Crippen molar-refractivity contribution >= 4 is 28.7 Å². The minimum absolute atomic E-state index is 0.0922. The molecule has 1 aliphatic heterocycles. The third-order valence-electron chi connectivity index (χ3n) is 2.43. The summed E-state index contributed by atoms with van der Waals surface area (Å²) >= 11 is 0. The molecule has 1 rings (SSSR count). The highest BCUT2D eigenvalue weighted by Gasteiger charge is 2.20. The molecule has 3 N–H and O–H groups in total. The molecule has 8 nitrogen and oxygen atoms in total. The fraction of sp³-hybridized carbons (Fsp3) is 0.700. The Bertz CT molecular complexity index is 376. The number of imide groups is 1. The molecular weight excluding hydrogens is 276 g/mol. The summed E-state index contributed by atoms with van der Waals surface area (Å²) in [6.07, 6.45) is 1.23. The maximum absolute atomic E-state index is 11.4. The molecule has 108 valence electrons. The first-order chi connectivity index (χ1) is 8.97. The topological polar surface area (TPSA) is 122 Å². The third-order valence-corrected chi connectivity index (χ3v) is 3.82. The van der Waals surface area contributed by atoms with Gasteiger partial charge in [-0.2, -0.15) is 0 Å². The Morgan fingerprint density at radius 1 is 1.21 bits per heavy atom. The normalized spacial score (nSPS) is 22.5. The first-order valence-corrected chi connectivity index (χ1v) is 7.21. The average Bonchev–Trinajstić information content (AvgIpc) is 2.31. The number of nitrogens with one attached hydrogen (secondary N) is 2. The Balaban J connectivity index is 2.17. The number of amides is 3. The molecule has 1 fully saturated rings. The first-order valence-electron chi connectivity index (χ1n) is 5.72. The lowest BCUT2D eigenvalue weighted by molar-refractivity contribution is -0.143. The zero-order valence-corrected chi connectivity index (χ0v) is 11.0. The van der Waals surface area contributed by atoms with E-state index in [0.717, 1.165) is 0 Å². The van der Waals surface area contributed by atoms with E-state index in [1.165, 1.54) is 0 Å². The maximum atomic E-state index is 11.4. The summed E-state index contributed by atoms with van der Waals surface area (Å²) in [5.74, 6) is -0.813. The number of carboxylic acid groups (broad SMARTS) is 1. The number of carbonyl (C=O) groups excluding carboxylic acids is 2. The number of aliphatic carboxylic acids is 1. The van der Waals surface area contributed by atoms with Gasteiger partial charge in [0, 0.05) is 28.3 Å². The number of ether oxygens (including phenoxy) is 1. The van der Waals surface area contributed by atoms with Gasteiger partial charge in [-0.1, -0.05) is 0 Å². The summed E-state index contributed by atoms with van der Waals surface area (Å²) in [5.41, 5.74) is 0. The van der Waals surface area contributed by atoms with Crippen LogP contribution in [0.15, 0.2) is 0 Å². The van der Waals surface area contributed by atoms with Gasteiger partial charge in [0.25, 0.3) is 5.91 Å². The van der Waals surface area contributed by atoms with Crippen LogP contribution in [0.5, 0.6) is 0 Å². The van der Waals surface area contributed by atoms with Gasteiger partial charge in [-0.25, -0.2) is 9.59 Å². The van der Waals surface area contributed by atoms with Crippen molar-refractivity contribution in [2.24, 2.45) is 0 Å². The molecule has 0 bridgehead atoms. The van der Waals surface area contributed by atoms with Crippen molar-refractivity contribution in [3.05, 3.63) is 0 Å². The van der Waals surface area contributed by atoms with E-state index in [1.807, 2.05) is 5.32 Å². The zero-order valence-electron chi connectivity index (χ0n) is 10.2. The van der Waals surface area contributed by atoms with Crippen molar-refractivity contribution in [1.82, 2.24) is 10.6 Å². The van der Waals surface area contributed by atoms with Gasteiger partial charge in [0.1, 0.15) is 13.2 Å². The Kier molecular flexibility index (Phi) is 6.43. The van der Waals surface area contributed by atoms with Crippen LogP contribution in [-0.2, 0) is 25.1 Å². The number of urea groups is 1. The number of carbonyl (C=O) groups is 3. The fourth-order valence-electron chi connectivity index (χ4n) is 1.55. The Labute approximate surface area is 112 Å². The monoisotopic (exact) mass is 292 g/mol. The van der Waals surface area contributed by atoms with Gasteiger partial charge in [-0.3, -0.25) is 14.3 Å². The van der Waals surface area contributed by atoms with Crippen LogP contribution in [0.25, 0.3) is 0 Å². The van der Waals surface area contributed by atoms with Crippen molar-refractivity contribution in [1.29, 1.82) is 0 Å². The first kappa shape index (κ1) is 15.6. The summed E-state index contributed by atoms with van der Waals surface area (Å²) in [7, 11) is -0.810. The van der Waals surface area contributed by atoms with E-state index in [9.17, 15) is 18.6 Å². The van der Waals surface area contributed by atoms with Crippen molar-refractivity contribution in [2.45, 2.75) is 18.9 Å². The number of hydrogen-bond acceptors (Lipinski definition) is 5. The van der Waals surface area contributed by atoms with E-state index in [0.29, 0.717) is 24.3 Å². The van der Waals surface area contributed by atoms with E-state index >= 15 is 0 Å². The molecule has 0 radical (unpaired) electrons. The van der Waals surface area contributed by atoms with Crippen LogP contribution in [0.2, 0.25) is 0 Å². The average molecular weight is 292 g/mol. The molecule has 0 unspecified atom stereocenters. The highest BCUT2D eigenvalue weighted by atomic mass is 32.2. The summed E-state index contributed by atoms with van der Waals surface area (Å²) in [4.78, 5) is 32.7. The van der Waals surface area contributed by atoms with Gasteiger partial charge in [0.05, 0.1) is 0 Å². The molecule has 3 amide bonds. The van der Waals surface area contributed by atoms with Crippen LogP contribution in [-0.4, -0.2) is 58.0 Å². The van der Waals surface area contributed by atoms with Crippen molar-refractivity contribution in [3.8, 4) is 0 Å². The molecule has 0 spiro atoms. The van der Waals surface area contributed by atoms with E-state index in [1.54, 1.807) is 0 Å². The second-order valence-electron chi connectivity index (χ2n) is 4.03. The van der Waals surface area contributed by atoms with Crippen LogP contribution in [0.4, 0.5) is 4.79 Å². The van der Waals surface area contributed by atoms with E-state index < -0.39 is 41.9 Å². The largest absolute Gasteiger partial charge is 0.480 e. The minimum atomic E-state index is -1.19. The highest BCUT2D eigenvalue weighted by Crippen LogP contribution is 2.08. The fourth-order valence-corrected chi connectivity index (χ4v) is 2.85. The van der Waals surface area contributed by atoms with Crippen LogP contribution in [0.1, 0.15) is 12.8 Å². The lowest BCUT2D eigenvalue weighted by atomic mass is 10.2. The molecule has 0 aromatic heterocycles. The third kappa shape index (κ3) is 6.87.